The molecule has 0 saturated heterocycles. The van der Waals surface area contributed by atoms with Gasteiger partial charge in [-0.15, -0.1) is 0 Å². The van der Waals surface area contributed by atoms with Crippen LogP contribution in [-0.4, -0.2) is 15.9 Å². The van der Waals surface area contributed by atoms with E-state index in [2.05, 4.69) is 172 Å². The predicted octanol–water partition coefficient (Wildman–Crippen LogP) is 11.3. The molecule has 0 spiro atoms. The summed E-state index contributed by atoms with van der Waals surface area (Å²) in [4.78, 5) is 0. The van der Waals surface area contributed by atoms with Gasteiger partial charge in [-0.3, -0.25) is 0 Å². The van der Waals surface area contributed by atoms with Crippen LogP contribution in [0.1, 0.15) is 111 Å². The normalized spacial score (nSPS) is 14.5. The molecule has 0 bridgehead atoms. The summed E-state index contributed by atoms with van der Waals surface area (Å²) >= 11 is 0. The highest BCUT2D eigenvalue weighted by molar-refractivity contribution is 6.90. The van der Waals surface area contributed by atoms with E-state index < -0.39 is 0 Å². The Balaban J connectivity index is 1.53. The van der Waals surface area contributed by atoms with E-state index in [4.69, 9.17) is 0 Å². The monoisotopic (exact) mass is 654 g/mol. The van der Waals surface area contributed by atoms with Crippen molar-refractivity contribution in [2.75, 3.05) is 0 Å². The second-order valence-electron chi connectivity index (χ2n) is 19.6. The number of aryl methyl sites for hydroxylation is 1. The summed E-state index contributed by atoms with van der Waals surface area (Å²) in [5, 5.41) is 5.49. The maximum Gasteiger partial charge on any atom is 0.333 e. The topological polar surface area (TPSA) is 9.86 Å². The van der Waals surface area contributed by atoms with Crippen LogP contribution >= 0.6 is 0 Å². The Morgan fingerprint density at radius 1 is 0.480 bits per heavy atom. The molecular weight excluding hydrogens is 603 g/mol. The first kappa shape index (κ1) is 31.7. The van der Waals surface area contributed by atoms with Crippen LogP contribution in [0.25, 0.3) is 60.4 Å². The van der Waals surface area contributed by atoms with Gasteiger partial charge < -0.3 is 9.05 Å². The van der Waals surface area contributed by atoms with E-state index in [9.17, 15) is 0 Å². The minimum Gasteiger partial charge on any atom is -0.375 e. The maximum absolute atomic E-state index is 2.74. The first-order chi connectivity index (χ1) is 23.2. The van der Waals surface area contributed by atoms with Crippen LogP contribution in [0.5, 0.6) is 0 Å². The van der Waals surface area contributed by atoms with Crippen molar-refractivity contribution in [1.82, 2.24) is 9.05 Å². The van der Waals surface area contributed by atoms with Crippen LogP contribution in [0.4, 0.5) is 0 Å². The summed E-state index contributed by atoms with van der Waals surface area (Å²) in [7, 11) is 0. The van der Waals surface area contributed by atoms with Crippen molar-refractivity contribution in [3.05, 3.63) is 101 Å². The standard InChI is InChI=1S/C47H51BN2/c1-26-14-17-39-41-40(26)35-24-29(46(8,9)10)22-33-32-21-28(45(5,6)7)16-19-38(32)50(42(33)35)48(41)36-25-30(47(11,12)13)23-34-31-20-27(44(2,3)4)15-18-37(31)49(39)43(34)36/h14-25H,1-13H3. The van der Waals surface area contributed by atoms with Crippen LogP contribution in [0, 0.1) is 6.92 Å². The minimum atomic E-state index is 0.000331. The molecule has 0 N–H and O–H groups in total. The number of fused-ring (bicyclic) bond motifs is 10. The third kappa shape index (κ3) is 4.16. The molecule has 3 heteroatoms. The van der Waals surface area contributed by atoms with Crippen LogP contribution in [0.3, 0.4) is 0 Å². The largest absolute Gasteiger partial charge is 0.375 e. The molecule has 2 nitrogen and oxygen atoms in total. The average molecular weight is 655 g/mol. The van der Waals surface area contributed by atoms with E-state index in [1.54, 1.807) is 0 Å². The smallest absolute Gasteiger partial charge is 0.333 e. The molecular formula is C47H51BN2. The van der Waals surface area contributed by atoms with E-state index >= 15 is 0 Å². The predicted molar refractivity (Wildman–Crippen MR) is 219 cm³/mol. The number of rotatable bonds is 0. The Morgan fingerprint density at radius 2 is 0.980 bits per heavy atom. The van der Waals surface area contributed by atoms with Crippen molar-refractivity contribution < 1.29 is 0 Å². The van der Waals surface area contributed by atoms with Crippen molar-refractivity contribution in [3.63, 3.8) is 0 Å². The van der Waals surface area contributed by atoms with E-state index in [-0.39, 0.29) is 28.5 Å². The second-order valence-corrected chi connectivity index (χ2v) is 19.6. The van der Waals surface area contributed by atoms with Gasteiger partial charge in [0.2, 0.25) is 0 Å². The number of aromatic nitrogens is 2. The molecule has 5 aromatic carbocycles. The third-order valence-electron chi connectivity index (χ3n) is 12.0. The number of hydrogen-bond donors (Lipinski definition) is 0. The van der Waals surface area contributed by atoms with Crippen molar-refractivity contribution in [2.45, 2.75) is 112 Å². The number of benzene rings is 5. The van der Waals surface area contributed by atoms with Crippen LogP contribution in [0.15, 0.2) is 72.8 Å². The molecule has 0 aliphatic carbocycles. The Labute approximate surface area is 298 Å². The summed E-state index contributed by atoms with van der Waals surface area (Å²) in [6, 6.07) is 29.5. The van der Waals surface area contributed by atoms with Gasteiger partial charge in [0.1, 0.15) is 0 Å². The van der Waals surface area contributed by atoms with E-state index in [0.29, 0.717) is 0 Å². The Kier molecular flexibility index (Phi) is 6.06. The molecule has 4 heterocycles. The van der Waals surface area contributed by atoms with Crippen molar-refractivity contribution in [1.29, 1.82) is 0 Å². The van der Waals surface area contributed by atoms with Crippen LogP contribution < -0.4 is 10.9 Å². The molecule has 50 heavy (non-hydrogen) atoms. The summed E-state index contributed by atoms with van der Waals surface area (Å²) in [6.45, 7) is 30.6. The van der Waals surface area contributed by atoms with E-state index in [0.717, 1.165) is 0 Å². The van der Waals surface area contributed by atoms with Crippen molar-refractivity contribution >= 4 is 61.4 Å². The number of nitrogens with zero attached hydrogens (tertiary/aromatic N) is 2. The fourth-order valence-corrected chi connectivity index (χ4v) is 9.05. The van der Waals surface area contributed by atoms with E-state index in [1.165, 1.54) is 99.2 Å². The molecule has 0 amide bonds. The lowest BCUT2D eigenvalue weighted by Gasteiger charge is -2.36. The van der Waals surface area contributed by atoms with Gasteiger partial charge >= 0.3 is 6.85 Å². The summed E-state index contributed by atoms with van der Waals surface area (Å²) in [5.74, 6) is 0. The highest BCUT2D eigenvalue weighted by atomic mass is 15.0. The van der Waals surface area contributed by atoms with Gasteiger partial charge in [-0.2, -0.15) is 0 Å². The Hall–Kier alpha value is -4.24. The quantitative estimate of drug-likeness (QED) is 0.144. The Bertz CT molecular complexity index is 2630. The molecule has 9 rings (SSSR count). The molecule has 2 aromatic heterocycles. The molecule has 252 valence electrons. The molecule has 0 radical (unpaired) electrons. The Morgan fingerprint density at radius 3 is 1.56 bits per heavy atom. The van der Waals surface area contributed by atoms with Crippen molar-refractivity contribution in [2.24, 2.45) is 0 Å². The zero-order valence-electron chi connectivity index (χ0n) is 32.4. The van der Waals surface area contributed by atoms with E-state index in [1.807, 2.05) is 0 Å². The first-order valence-electron chi connectivity index (χ1n) is 18.6. The summed E-state index contributed by atoms with van der Waals surface area (Å²) in [5.41, 5.74) is 19.4. The van der Waals surface area contributed by atoms with Gasteiger partial charge in [-0.1, -0.05) is 107 Å². The fraction of sp³-hybridized carbons (Fsp3) is 0.362. The maximum atomic E-state index is 2.74. The second kappa shape index (κ2) is 9.55. The average Bonchev–Trinajstić information content (AvgIpc) is 3.53. The van der Waals surface area contributed by atoms with Gasteiger partial charge in [0.15, 0.2) is 0 Å². The molecule has 2 aliphatic rings. The fourth-order valence-electron chi connectivity index (χ4n) is 9.05. The molecule has 0 saturated carbocycles. The SMILES string of the molecule is Cc1ccc2c3c1-c1cc(C(C)(C)C)cc4c5cc(C(C)(C)C)ccc5n(c14)B3c1cc(C(C)(C)C)cc3c4cc(C(C)(C)C)ccc4n-2c13. The molecule has 2 aliphatic heterocycles. The van der Waals surface area contributed by atoms with Crippen LogP contribution in [-0.2, 0) is 21.7 Å². The highest BCUT2D eigenvalue weighted by Crippen LogP contribution is 2.47. The first-order valence-corrected chi connectivity index (χ1v) is 18.6. The lowest BCUT2D eigenvalue weighted by molar-refractivity contribution is 0.590. The minimum absolute atomic E-state index is 0.000331. The van der Waals surface area contributed by atoms with Gasteiger partial charge in [-0.25, -0.2) is 0 Å². The number of hydrogen-bond acceptors (Lipinski definition) is 0. The zero-order chi connectivity index (χ0) is 35.6. The lowest BCUT2D eigenvalue weighted by atomic mass is 9.45. The van der Waals surface area contributed by atoms with Gasteiger partial charge in [0, 0.05) is 43.8 Å². The summed E-state index contributed by atoms with van der Waals surface area (Å²) < 4.78 is 5.36. The molecule has 7 aromatic rings. The summed E-state index contributed by atoms with van der Waals surface area (Å²) in [6.07, 6.45) is 0. The highest BCUT2D eigenvalue weighted by Gasteiger charge is 2.43. The van der Waals surface area contributed by atoms with Crippen molar-refractivity contribution in [3.8, 4) is 16.8 Å². The van der Waals surface area contributed by atoms with Gasteiger partial charge in [-0.05, 0) is 121 Å². The zero-order valence-corrected chi connectivity index (χ0v) is 32.4. The lowest BCUT2D eigenvalue weighted by Crippen LogP contribution is -2.55. The molecule has 0 fully saturated rings. The third-order valence-corrected chi connectivity index (χ3v) is 12.0. The van der Waals surface area contributed by atoms with Gasteiger partial charge in [0.25, 0.3) is 0 Å². The van der Waals surface area contributed by atoms with Gasteiger partial charge in [0.05, 0.1) is 11.0 Å². The molecule has 0 atom stereocenters. The van der Waals surface area contributed by atoms with Crippen LogP contribution in [0.2, 0.25) is 0 Å². The molecule has 0 unspecified atom stereocenters.